The largest absolute Gasteiger partial charge is 0.319 e. The molecule has 0 unspecified atom stereocenters. The highest BCUT2D eigenvalue weighted by molar-refractivity contribution is 6.01. The molecule has 0 aliphatic heterocycles. The average Bonchev–Trinajstić information content (AvgIpc) is 3.11. The first-order valence-corrected chi connectivity index (χ1v) is 5.82. The number of aromatic amines is 1. The molecule has 1 amide bonds. The molecule has 3 rings (SSSR count). The minimum atomic E-state index is -1.02. The van der Waals surface area contributed by atoms with Gasteiger partial charge in [0, 0.05) is 17.7 Å². The van der Waals surface area contributed by atoms with Crippen LogP contribution in [0.5, 0.6) is 0 Å². The third-order valence-corrected chi connectivity index (χ3v) is 2.85. The van der Waals surface area contributed by atoms with Crippen molar-refractivity contribution in [1.29, 1.82) is 0 Å². The van der Waals surface area contributed by atoms with Crippen LogP contribution in [0.2, 0.25) is 0 Å². The summed E-state index contributed by atoms with van der Waals surface area (Å²) in [5, 5.41) is 8.90. The molecule has 1 saturated carbocycles. The van der Waals surface area contributed by atoms with Crippen molar-refractivity contribution in [1.82, 2.24) is 15.2 Å². The van der Waals surface area contributed by atoms with E-state index in [9.17, 15) is 13.6 Å². The third kappa shape index (κ3) is 2.44. The van der Waals surface area contributed by atoms with Crippen LogP contribution in [-0.4, -0.2) is 21.1 Å². The average molecular weight is 264 g/mol. The van der Waals surface area contributed by atoms with Crippen LogP contribution in [0.25, 0.3) is 0 Å². The first-order chi connectivity index (χ1) is 9.13. The maximum Gasteiger partial charge on any atom is 0.295 e. The molecule has 2 aromatic rings. The molecule has 1 aliphatic carbocycles. The van der Waals surface area contributed by atoms with E-state index in [4.69, 9.17) is 0 Å². The topological polar surface area (TPSA) is 70.7 Å². The van der Waals surface area contributed by atoms with Crippen molar-refractivity contribution in [2.75, 3.05) is 5.32 Å². The fraction of sp³-hybridized carbons (Fsp3) is 0.250. The number of H-pyrrole nitrogens is 1. The highest BCUT2D eigenvalue weighted by Gasteiger charge is 2.28. The van der Waals surface area contributed by atoms with E-state index in [0.717, 1.165) is 25.0 Å². The first-order valence-electron chi connectivity index (χ1n) is 5.82. The van der Waals surface area contributed by atoms with Crippen molar-refractivity contribution in [3.05, 3.63) is 41.5 Å². The highest BCUT2D eigenvalue weighted by atomic mass is 19.2. The number of hydrogen-bond acceptors (Lipinski definition) is 3. The highest BCUT2D eigenvalue weighted by Crippen LogP contribution is 2.37. The van der Waals surface area contributed by atoms with Gasteiger partial charge in [-0.05, 0) is 25.0 Å². The van der Waals surface area contributed by atoms with Crippen molar-refractivity contribution in [3.63, 3.8) is 0 Å². The second-order valence-electron chi connectivity index (χ2n) is 4.40. The van der Waals surface area contributed by atoms with Gasteiger partial charge in [-0.3, -0.25) is 9.89 Å². The molecule has 2 N–H and O–H groups in total. The minimum absolute atomic E-state index is 0.00775. The number of nitrogens with one attached hydrogen (secondary N) is 2. The Morgan fingerprint density at radius 3 is 2.79 bits per heavy atom. The van der Waals surface area contributed by atoms with Crippen LogP contribution in [0.4, 0.5) is 14.5 Å². The molecular weight excluding hydrogens is 254 g/mol. The van der Waals surface area contributed by atoms with E-state index in [0.29, 0.717) is 11.7 Å². The van der Waals surface area contributed by atoms with Crippen molar-refractivity contribution >= 4 is 11.6 Å². The Morgan fingerprint density at radius 2 is 2.11 bits per heavy atom. The van der Waals surface area contributed by atoms with Gasteiger partial charge in [0.1, 0.15) is 5.82 Å². The smallest absolute Gasteiger partial charge is 0.295 e. The zero-order valence-corrected chi connectivity index (χ0v) is 9.78. The molecular formula is C12H10F2N4O. The summed E-state index contributed by atoms with van der Waals surface area (Å²) in [5.41, 5.74) is 0.154. The lowest BCUT2D eigenvalue weighted by Crippen LogP contribution is -2.14. The standard InChI is InChI=1S/C12H10F2N4O/c13-8-4-3-7(5-9(8)14)15-12(19)11-16-10(17-18-11)6-1-2-6/h3-6H,1-2H2,(H,15,19)(H,16,17,18). The molecule has 19 heavy (non-hydrogen) atoms. The summed E-state index contributed by atoms with van der Waals surface area (Å²) in [4.78, 5) is 15.9. The SMILES string of the molecule is O=C(Nc1ccc(F)c(F)c1)c1n[nH]c(C2CC2)n1. The Hall–Kier alpha value is -2.31. The molecule has 0 bridgehead atoms. The summed E-state index contributed by atoms with van der Waals surface area (Å²) >= 11 is 0. The first kappa shape index (κ1) is 11.8. The van der Waals surface area contributed by atoms with Crippen molar-refractivity contribution in [3.8, 4) is 0 Å². The Bertz CT molecular complexity index is 636. The third-order valence-electron chi connectivity index (χ3n) is 2.85. The van der Waals surface area contributed by atoms with Gasteiger partial charge in [-0.1, -0.05) is 0 Å². The summed E-state index contributed by atoms with van der Waals surface area (Å²) in [6.07, 6.45) is 2.08. The predicted molar refractivity (Wildman–Crippen MR) is 62.7 cm³/mol. The van der Waals surface area contributed by atoms with Crippen LogP contribution in [0.3, 0.4) is 0 Å². The van der Waals surface area contributed by atoms with E-state index < -0.39 is 17.5 Å². The van der Waals surface area contributed by atoms with Crippen molar-refractivity contribution in [2.45, 2.75) is 18.8 Å². The van der Waals surface area contributed by atoms with E-state index in [1.807, 2.05) is 0 Å². The van der Waals surface area contributed by atoms with Gasteiger partial charge in [0.05, 0.1) is 0 Å². The van der Waals surface area contributed by atoms with Crippen LogP contribution in [-0.2, 0) is 0 Å². The fourth-order valence-corrected chi connectivity index (χ4v) is 1.68. The number of carbonyl (C=O) groups excluding carboxylic acids is 1. The summed E-state index contributed by atoms with van der Waals surface area (Å²) < 4.78 is 25.7. The second-order valence-corrected chi connectivity index (χ2v) is 4.40. The van der Waals surface area contributed by atoms with E-state index in [-0.39, 0.29) is 11.5 Å². The monoisotopic (exact) mass is 264 g/mol. The lowest BCUT2D eigenvalue weighted by molar-refractivity contribution is 0.101. The van der Waals surface area contributed by atoms with Gasteiger partial charge < -0.3 is 5.32 Å². The maximum absolute atomic E-state index is 13.0. The molecule has 0 atom stereocenters. The number of amides is 1. The predicted octanol–water partition coefficient (Wildman–Crippen LogP) is 2.21. The van der Waals surface area contributed by atoms with Gasteiger partial charge in [-0.2, -0.15) is 0 Å². The van der Waals surface area contributed by atoms with Crippen molar-refractivity contribution < 1.29 is 13.6 Å². The van der Waals surface area contributed by atoms with Gasteiger partial charge in [-0.15, -0.1) is 5.10 Å². The summed E-state index contributed by atoms with van der Waals surface area (Å²) in [7, 11) is 0. The molecule has 98 valence electrons. The van der Waals surface area contributed by atoms with Gasteiger partial charge in [0.15, 0.2) is 11.6 Å². The van der Waals surface area contributed by atoms with Crippen LogP contribution >= 0.6 is 0 Å². The molecule has 1 aliphatic rings. The van der Waals surface area contributed by atoms with E-state index in [1.165, 1.54) is 6.07 Å². The van der Waals surface area contributed by atoms with Gasteiger partial charge in [0.25, 0.3) is 5.91 Å². The summed E-state index contributed by atoms with van der Waals surface area (Å²) in [6.45, 7) is 0. The zero-order chi connectivity index (χ0) is 13.4. The van der Waals surface area contributed by atoms with E-state index in [2.05, 4.69) is 20.5 Å². The molecule has 7 heteroatoms. The normalized spacial score (nSPS) is 14.4. The molecule has 1 heterocycles. The summed E-state index contributed by atoms with van der Waals surface area (Å²) in [6, 6.07) is 3.12. The number of carbonyl (C=O) groups is 1. The Morgan fingerprint density at radius 1 is 1.32 bits per heavy atom. The number of nitrogens with zero attached hydrogens (tertiary/aromatic N) is 2. The van der Waals surface area contributed by atoms with E-state index >= 15 is 0 Å². The quantitative estimate of drug-likeness (QED) is 0.892. The van der Waals surface area contributed by atoms with Crippen LogP contribution in [0, 0.1) is 11.6 Å². The lowest BCUT2D eigenvalue weighted by Gasteiger charge is -2.02. The number of benzene rings is 1. The zero-order valence-electron chi connectivity index (χ0n) is 9.78. The number of hydrogen-bond donors (Lipinski definition) is 2. The van der Waals surface area contributed by atoms with Gasteiger partial charge >= 0.3 is 0 Å². The molecule has 0 spiro atoms. The molecule has 5 nitrogen and oxygen atoms in total. The number of aromatic nitrogens is 3. The Balaban J connectivity index is 1.74. The van der Waals surface area contributed by atoms with Crippen molar-refractivity contribution in [2.24, 2.45) is 0 Å². The minimum Gasteiger partial charge on any atom is -0.319 e. The number of halogens is 2. The number of rotatable bonds is 3. The maximum atomic E-state index is 13.0. The lowest BCUT2D eigenvalue weighted by atomic mass is 10.3. The fourth-order valence-electron chi connectivity index (χ4n) is 1.68. The summed E-state index contributed by atoms with van der Waals surface area (Å²) in [5.74, 6) is -1.51. The molecule has 1 aromatic carbocycles. The molecule has 0 radical (unpaired) electrons. The van der Waals surface area contributed by atoms with E-state index in [1.54, 1.807) is 0 Å². The van der Waals surface area contributed by atoms with Crippen LogP contribution < -0.4 is 5.32 Å². The van der Waals surface area contributed by atoms with Gasteiger partial charge in [-0.25, -0.2) is 13.8 Å². The molecule has 1 fully saturated rings. The van der Waals surface area contributed by atoms with Crippen LogP contribution in [0.15, 0.2) is 18.2 Å². The molecule has 1 aromatic heterocycles. The Kier molecular flexibility index (Phi) is 2.73. The second kappa shape index (κ2) is 4.42. The van der Waals surface area contributed by atoms with Crippen LogP contribution in [0.1, 0.15) is 35.2 Å². The number of anilines is 1. The molecule has 0 saturated heterocycles. The van der Waals surface area contributed by atoms with Gasteiger partial charge in [0.2, 0.25) is 5.82 Å². The Labute approximate surface area is 107 Å².